The van der Waals surface area contributed by atoms with Crippen LogP contribution >= 0.6 is 0 Å². The molecule has 1 aromatic carbocycles. The van der Waals surface area contributed by atoms with Crippen LogP contribution < -0.4 is 4.90 Å². The van der Waals surface area contributed by atoms with Gasteiger partial charge in [0.1, 0.15) is 0 Å². The summed E-state index contributed by atoms with van der Waals surface area (Å²) in [5, 5.41) is 8.33. The van der Waals surface area contributed by atoms with Gasteiger partial charge in [-0.2, -0.15) is 0 Å². The summed E-state index contributed by atoms with van der Waals surface area (Å²) in [7, 11) is 1.93. The molecule has 2 aromatic rings. The Labute approximate surface area is 137 Å². The molecule has 5 heteroatoms. The molecule has 0 N–H and O–H groups in total. The van der Waals surface area contributed by atoms with Gasteiger partial charge in [0.25, 0.3) is 5.91 Å². The van der Waals surface area contributed by atoms with Gasteiger partial charge in [-0.3, -0.25) is 4.79 Å². The zero-order chi connectivity index (χ0) is 16.7. The van der Waals surface area contributed by atoms with Crippen LogP contribution in [0, 0.1) is 0 Å². The predicted molar refractivity (Wildman–Crippen MR) is 93.0 cm³/mol. The van der Waals surface area contributed by atoms with E-state index in [1.165, 1.54) is 0 Å². The van der Waals surface area contributed by atoms with E-state index in [0.29, 0.717) is 11.5 Å². The molecule has 0 aliphatic carbocycles. The fourth-order valence-electron chi connectivity index (χ4n) is 2.42. The molecule has 1 aromatic heterocycles. The summed E-state index contributed by atoms with van der Waals surface area (Å²) < 4.78 is 0. The topological polar surface area (TPSA) is 49.3 Å². The van der Waals surface area contributed by atoms with Gasteiger partial charge >= 0.3 is 0 Å². The summed E-state index contributed by atoms with van der Waals surface area (Å²) in [6.45, 7) is 5.64. The highest BCUT2D eigenvalue weighted by atomic mass is 16.2. The second-order valence-corrected chi connectivity index (χ2v) is 5.46. The van der Waals surface area contributed by atoms with Gasteiger partial charge in [-0.05, 0) is 37.1 Å². The van der Waals surface area contributed by atoms with Crippen molar-refractivity contribution in [3.05, 3.63) is 48.2 Å². The molecule has 0 bridgehead atoms. The minimum atomic E-state index is -0.0462. The standard InChI is InChI=1S/C18H24N4O/c1-4-13-22(14-5-2)18(23)16-11-12-17(20-19-16)21(3)15-9-7-6-8-10-15/h6-12H,4-5,13-14H2,1-3H3. The first-order chi connectivity index (χ1) is 11.2. The first-order valence-electron chi connectivity index (χ1n) is 8.09. The number of carbonyl (C=O) groups is 1. The number of nitrogens with zero attached hydrogens (tertiary/aromatic N) is 4. The molecule has 122 valence electrons. The predicted octanol–water partition coefficient (Wildman–Crippen LogP) is 3.51. The number of para-hydroxylation sites is 1. The highest BCUT2D eigenvalue weighted by Gasteiger charge is 2.16. The first kappa shape index (κ1) is 16.9. The lowest BCUT2D eigenvalue weighted by atomic mass is 10.2. The Kier molecular flexibility index (Phi) is 6.09. The number of hydrogen-bond acceptors (Lipinski definition) is 4. The first-order valence-corrected chi connectivity index (χ1v) is 8.09. The van der Waals surface area contributed by atoms with Crippen LogP contribution in [0.5, 0.6) is 0 Å². The Morgan fingerprint density at radius 1 is 0.957 bits per heavy atom. The van der Waals surface area contributed by atoms with Crippen molar-refractivity contribution in [2.75, 3.05) is 25.0 Å². The summed E-state index contributed by atoms with van der Waals surface area (Å²) in [5.74, 6) is 0.667. The van der Waals surface area contributed by atoms with Crippen molar-refractivity contribution >= 4 is 17.4 Å². The van der Waals surface area contributed by atoms with E-state index in [9.17, 15) is 4.79 Å². The number of aromatic nitrogens is 2. The van der Waals surface area contributed by atoms with Gasteiger partial charge < -0.3 is 9.80 Å². The number of carbonyl (C=O) groups excluding carboxylic acids is 1. The average Bonchev–Trinajstić information content (AvgIpc) is 2.61. The number of benzene rings is 1. The zero-order valence-electron chi connectivity index (χ0n) is 14.1. The Hall–Kier alpha value is -2.43. The third-order valence-electron chi connectivity index (χ3n) is 3.63. The molecular weight excluding hydrogens is 288 g/mol. The van der Waals surface area contributed by atoms with Crippen LogP contribution in [0.1, 0.15) is 37.2 Å². The Morgan fingerprint density at radius 3 is 2.13 bits per heavy atom. The van der Waals surface area contributed by atoms with Crippen LogP contribution in [0.2, 0.25) is 0 Å². The second-order valence-electron chi connectivity index (χ2n) is 5.46. The van der Waals surface area contributed by atoms with Gasteiger partial charge in [0.2, 0.25) is 0 Å². The zero-order valence-corrected chi connectivity index (χ0v) is 14.1. The largest absolute Gasteiger partial charge is 0.337 e. The van der Waals surface area contributed by atoms with Crippen LogP contribution in [0.15, 0.2) is 42.5 Å². The highest BCUT2D eigenvalue weighted by Crippen LogP contribution is 2.20. The summed E-state index contributed by atoms with van der Waals surface area (Å²) in [5.41, 5.74) is 1.43. The minimum absolute atomic E-state index is 0.0462. The Morgan fingerprint density at radius 2 is 1.61 bits per heavy atom. The Bertz CT molecular complexity index is 607. The maximum Gasteiger partial charge on any atom is 0.274 e. The molecule has 0 spiro atoms. The lowest BCUT2D eigenvalue weighted by Crippen LogP contribution is -2.33. The molecule has 5 nitrogen and oxygen atoms in total. The van der Waals surface area contributed by atoms with Crippen LogP contribution in [-0.4, -0.2) is 41.1 Å². The maximum atomic E-state index is 12.5. The maximum absolute atomic E-state index is 12.5. The smallest absolute Gasteiger partial charge is 0.274 e. The van der Waals surface area contributed by atoms with Gasteiger partial charge in [-0.25, -0.2) is 0 Å². The fraction of sp³-hybridized carbons (Fsp3) is 0.389. The van der Waals surface area contributed by atoms with Crippen molar-refractivity contribution in [1.29, 1.82) is 0 Å². The lowest BCUT2D eigenvalue weighted by molar-refractivity contribution is 0.0748. The van der Waals surface area contributed by atoms with Crippen LogP contribution in [0.25, 0.3) is 0 Å². The molecular formula is C18H24N4O. The fourth-order valence-corrected chi connectivity index (χ4v) is 2.42. The molecule has 0 atom stereocenters. The molecule has 0 fully saturated rings. The number of hydrogen-bond donors (Lipinski definition) is 0. The molecule has 0 aliphatic heterocycles. The van der Waals surface area contributed by atoms with E-state index in [-0.39, 0.29) is 5.91 Å². The third kappa shape index (κ3) is 4.28. The van der Waals surface area contributed by atoms with Crippen LogP contribution in [0.3, 0.4) is 0 Å². The molecule has 23 heavy (non-hydrogen) atoms. The summed E-state index contributed by atoms with van der Waals surface area (Å²) in [4.78, 5) is 16.3. The molecule has 0 saturated carbocycles. The molecule has 2 rings (SSSR count). The minimum Gasteiger partial charge on any atom is -0.337 e. The van der Waals surface area contributed by atoms with E-state index in [0.717, 1.165) is 31.6 Å². The lowest BCUT2D eigenvalue weighted by Gasteiger charge is -2.21. The number of rotatable bonds is 7. The van der Waals surface area contributed by atoms with Crippen molar-refractivity contribution in [3.8, 4) is 0 Å². The number of amides is 1. The van der Waals surface area contributed by atoms with Crippen LogP contribution in [0.4, 0.5) is 11.5 Å². The molecule has 1 heterocycles. The van der Waals surface area contributed by atoms with E-state index in [1.807, 2.05) is 53.2 Å². The van der Waals surface area contributed by atoms with Gasteiger partial charge in [0, 0.05) is 25.8 Å². The van der Waals surface area contributed by atoms with E-state index in [1.54, 1.807) is 6.07 Å². The van der Waals surface area contributed by atoms with Crippen molar-refractivity contribution in [2.24, 2.45) is 0 Å². The molecule has 0 radical (unpaired) electrons. The van der Waals surface area contributed by atoms with Crippen molar-refractivity contribution < 1.29 is 4.79 Å². The molecule has 0 aliphatic rings. The third-order valence-corrected chi connectivity index (χ3v) is 3.63. The second kappa shape index (κ2) is 8.27. The van der Waals surface area contributed by atoms with Gasteiger partial charge in [-0.1, -0.05) is 32.0 Å². The summed E-state index contributed by atoms with van der Waals surface area (Å²) in [6.07, 6.45) is 1.88. The summed E-state index contributed by atoms with van der Waals surface area (Å²) in [6, 6.07) is 13.5. The van der Waals surface area contributed by atoms with E-state index in [4.69, 9.17) is 0 Å². The van der Waals surface area contributed by atoms with Gasteiger partial charge in [-0.15, -0.1) is 10.2 Å². The SMILES string of the molecule is CCCN(CCC)C(=O)c1ccc(N(C)c2ccccc2)nn1. The molecule has 0 saturated heterocycles. The molecule has 0 unspecified atom stereocenters. The average molecular weight is 312 g/mol. The van der Waals surface area contributed by atoms with E-state index in [2.05, 4.69) is 24.0 Å². The monoisotopic (exact) mass is 312 g/mol. The van der Waals surface area contributed by atoms with E-state index < -0.39 is 0 Å². The van der Waals surface area contributed by atoms with Crippen molar-refractivity contribution in [3.63, 3.8) is 0 Å². The van der Waals surface area contributed by atoms with Gasteiger partial charge in [0.05, 0.1) is 0 Å². The van der Waals surface area contributed by atoms with Crippen molar-refractivity contribution in [1.82, 2.24) is 15.1 Å². The Balaban J connectivity index is 2.14. The molecule has 1 amide bonds. The van der Waals surface area contributed by atoms with Crippen LogP contribution in [-0.2, 0) is 0 Å². The van der Waals surface area contributed by atoms with Crippen molar-refractivity contribution in [2.45, 2.75) is 26.7 Å². The summed E-state index contributed by atoms with van der Waals surface area (Å²) >= 11 is 0. The normalized spacial score (nSPS) is 10.4. The highest BCUT2D eigenvalue weighted by molar-refractivity contribution is 5.92. The quantitative estimate of drug-likeness (QED) is 0.785. The number of anilines is 2. The van der Waals surface area contributed by atoms with Gasteiger partial charge in [0.15, 0.2) is 11.5 Å². The van der Waals surface area contributed by atoms with E-state index >= 15 is 0 Å².